The Labute approximate surface area is 332 Å². The van der Waals surface area contributed by atoms with E-state index < -0.39 is 24.3 Å². The number of amides is 4. The fourth-order valence-corrected chi connectivity index (χ4v) is 9.68. The lowest BCUT2D eigenvalue weighted by Gasteiger charge is -2.36. The van der Waals surface area contributed by atoms with Crippen LogP contribution < -0.4 is 10.6 Å². The highest BCUT2D eigenvalue weighted by atomic mass is 16.5. The van der Waals surface area contributed by atoms with E-state index in [-0.39, 0.29) is 23.9 Å². The Morgan fingerprint density at radius 1 is 0.649 bits per heavy atom. The number of alkyl carbamates (subject to hydrolysis) is 2. The van der Waals surface area contributed by atoms with Crippen molar-refractivity contribution >= 4 is 24.0 Å². The molecule has 2 aromatic carbocycles. The van der Waals surface area contributed by atoms with Gasteiger partial charge in [0.25, 0.3) is 0 Å². The molecule has 1 saturated carbocycles. The van der Waals surface area contributed by atoms with Crippen molar-refractivity contribution in [3.8, 4) is 33.6 Å². The lowest BCUT2D eigenvalue weighted by atomic mass is 9.82. The first kappa shape index (κ1) is 38.2. The second-order valence-electron chi connectivity index (χ2n) is 15.9. The van der Waals surface area contributed by atoms with Crippen molar-refractivity contribution in [1.29, 1.82) is 0 Å². The summed E-state index contributed by atoms with van der Waals surface area (Å²) in [6.45, 7) is 4.57. The van der Waals surface area contributed by atoms with Crippen LogP contribution in [0.3, 0.4) is 0 Å². The third-order valence-electron chi connectivity index (χ3n) is 12.5. The molecule has 57 heavy (non-hydrogen) atoms. The number of hydrogen-bond donors (Lipinski definition) is 4. The Balaban J connectivity index is 1.02. The summed E-state index contributed by atoms with van der Waals surface area (Å²) in [4.78, 5) is 70.8. The summed E-state index contributed by atoms with van der Waals surface area (Å²) in [7, 11) is 2.58. The zero-order chi connectivity index (χ0) is 39.8. The molecule has 14 heteroatoms. The first-order chi connectivity index (χ1) is 27.6. The van der Waals surface area contributed by atoms with E-state index in [0.29, 0.717) is 24.9 Å². The third-order valence-corrected chi connectivity index (χ3v) is 12.5. The maximum Gasteiger partial charge on any atom is 0.407 e. The molecular formula is C43H52N8O6. The zero-order valence-corrected chi connectivity index (χ0v) is 33.1. The fourth-order valence-electron chi connectivity index (χ4n) is 9.68. The molecular weight excluding hydrogens is 725 g/mol. The number of nitrogens with zero attached hydrogens (tertiary/aromatic N) is 4. The van der Waals surface area contributed by atoms with Crippen molar-refractivity contribution < 1.29 is 28.7 Å². The van der Waals surface area contributed by atoms with Crippen molar-refractivity contribution in [2.24, 2.45) is 0 Å². The summed E-state index contributed by atoms with van der Waals surface area (Å²) in [5.74, 6) is 2.23. The Kier molecular flexibility index (Phi) is 10.8. The number of benzene rings is 2. The van der Waals surface area contributed by atoms with Crippen LogP contribution in [0.4, 0.5) is 9.59 Å². The van der Waals surface area contributed by atoms with Gasteiger partial charge in [-0.25, -0.2) is 19.6 Å². The van der Waals surface area contributed by atoms with Gasteiger partial charge < -0.3 is 39.9 Å². The van der Waals surface area contributed by atoms with Crippen LogP contribution >= 0.6 is 0 Å². The van der Waals surface area contributed by atoms with Gasteiger partial charge in [0, 0.05) is 18.7 Å². The number of carbonyl (C=O) groups excluding carboxylic acids is 4. The van der Waals surface area contributed by atoms with E-state index in [1.54, 1.807) is 13.8 Å². The van der Waals surface area contributed by atoms with Crippen molar-refractivity contribution in [2.75, 3.05) is 27.3 Å². The first-order valence-corrected chi connectivity index (χ1v) is 20.3. The highest BCUT2D eigenvalue weighted by Gasteiger charge is 2.41. The summed E-state index contributed by atoms with van der Waals surface area (Å²) < 4.78 is 9.42. The van der Waals surface area contributed by atoms with Crippen LogP contribution in [-0.2, 0) is 19.1 Å². The van der Waals surface area contributed by atoms with Crippen molar-refractivity contribution in [3.63, 3.8) is 0 Å². The smallest absolute Gasteiger partial charge is 0.407 e. The van der Waals surface area contributed by atoms with Gasteiger partial charge in [-0.1, -0.05) is 36.4 Å². The molecule has 2 aromatic heterocycles. The van der Waals surface area contributed by atoms with Gasteiger partial charge in [0.2, 0.25) is 11.8 Å². The Morgan fingerprint density at radius 3 is 1.67 bits per heavy atom. The number of imidazole rings is 2. The minimum atomic E-state index is -0.708. The molecule has 0 spiro atoms. The lowest BCUT2D eigenvalue weighted by Crippen LogP contribution is -2.49. The van der Waals surface area contributed by atoms with Gasteiger partial charge in [0.15, 0.2) is 0 Å². The maximum atomic E-state index is 13.5. The van der Waals surface area contributed by atoms with Crippen molar-refractivity contribution in [3.05, 3.63) is 71.6 Å². The van der Waals surface area contributed by atoms with Gasteiger partial charge in [-0.3, -0.25) is 9.59 Å². The number of aromatic amines is 2. The number of hydrogen-bond acceptors (Lipinski definition) is 8. The number of likely N-dealkylation sites (tertiary alicyclic amines) is 2. The largest absolute Gasteiger partial charge is 0.453 e. The van der Waals surface area contributed by atoms with Crippen molar-refractivity contribution in [2.45, 2.75) is 108 Å². The van der Waals surface area contributed by atoms with Crippen LogP contribution in [0, 0.1) is 0 Å². The normalized spacial score (nSPS) is 22.4. The van der Waals surface area contributed by atoms with E-state index in [1.807, 2.05) is 22.2 Å². The van der Waals surface area contributed by atoms with Crippen LogP contribution in [0.15, 0.2) is 48.8 Å². The van der Waals surface area contributed by atoms with E-state index in [1.165, 1.54) is 54.9 Å². The van der Waals surface area contributed by atoms with Gasteiger partial charge in [-0.05, 0) is 111 Å². The van der Waals surface area contributed by atoms with Gasteiger partial charge in [-0.2, -0.15) is 0 Å². The third kappa shape index (κ3) is 7.37. The number of rotatable bonds is 9. The predicted octanol–water partition coefficient (Wildman–Crippen LogP) is 7.09. The number of nitrogens with one attached hydrogen (secondary N) is 4. The van der Waals surface area contributed by atoms with E-state index in [4.69, 9.17) is 19.4 Å². The molecule has 3 fully saturated rings. The van der Waals surface area contributed by atoms with Crippen LogP contribution in [0.2, 0.25) is 0 Å². The lowest BCUT2D eigenvalue weighted by molar-refractivity contribution is -0.137. The average Bonchev–Trinajstić information content (AvgIpc) is 4.09. The standard InChI is InChI=1S/C43H52N8O6/c1-24(46-42(54)56-3)40(52)50-19-7-5-9-34(50)38-44-22-32(48-38)27-13-11-26(12-14-27)30-17-18-31(37-29-16-15-28(21-29)36(30)37)33-23-45-39(49-33)35-10-6-8-20-51(35)41(53)25(2)47-43(55)57-4/h11-14,17-18,22-25,28-29,34-35H,5-10,15-16,19-21H2,1-4H3,(H,44,48)(H,45,49)(H,46,54)(H,47,55). The molecule has 4 heterocycles. The monoisotopic (exact) mass is 776 g/mol. The molecule has 2 saturated heterocycles. The molecule has 300 valence electrons. The summed E-state index contributed by atoms with van der Waals surface area (Å²) in [6.07, 6.45) is 11.4. The summed E-state index contributed by atoms with van der Waals surface area (Å²) >= 11 is 0. The number of carbonyl (C=O) groups is 4. The average molecular weight is 777 g/mol. The topological polar surface area (TPSA) is 175 Å². The molecule has 4 aromatic rings. The quantitative estimate of drug-likeness (QED) is 0.139. The molecule has 6 unspecified atom stereocenters. The minimum absolute atomic E-state index is 0.145. The predicted molar refractivity (Wildman–Crippen MR) is 213 cm³/mol. The second kappa shape index (κ2) is 16.1. The Hall–Kier alpha value is -5.66. The van der Waals surface area contributed by atoms with Gasteiger partial charge in [-0.15, -0.1) is 0 Å². The molecule has 2 aliphatic carbocycles. The summed E-state index contributed by atoms with van der Waals surface area (Å²) in [5.41, 5.74) is 9.33. The van der Waals surface area contributed by atoms with E-state index in [0.717, 1.165) is 73.5 Å². The fraction of sp³-hybridized carbons (Fsp3) is 0.488. The SMILES string of the molecule is COC(=O)NC(C)C(=O)N1CCCCC1c1ncc(-c2ccc(-c3ccc(-c4cnc(C5CCCCN5C(=O)C(C)NC(=O)OC)[nH]4)c4c3C3CCC4C3)cc2)[nH]1. The molecule has 2 aliphatic heterocycles. The molecule has 4 aliphatic rings. The number of ether oxygens (including phenoxy) is 2. The number of methoxy groups -OCH3 is 2. The molecule has 0 radical (unpaired) electrons. The molecule has 4 N–H and O–H groups in total. The first-order valence-electron chi connectivity index (χ1n) is 20.3. The van der Waals surface area contributed by atoms with Crippen molar-refractivity contribution in [1.82, 2.24) is 40.4 Å². The molecule has 6 atom stereocenters. The molecule has 2 bridgehead atoms. The van der Waals surface area contributed by atoms with Crippen LogP contribution in [-0.4, -0.2) is 93.1 Å². The highest BCUT2D eigenvalue weighted by Crippen LogP contribution is 2.58. The van der Waals surface area contributed by atoms with E-state index >= 15 is 0 Å². The number of H-pyrrole nitrogens is 2. The maximum absolute atomic E-state index is 13.5. The number of fused-ring (bicyclic) bond motifs is 5. The molecule has 14 nitrogen and oxygen atoms in total. The van der Waals surface area contributed by atoms with Gasteiger partial charge in [0.05, 0.1) is 50.1 Å². The summed E-state index contributed by atoms with van der Waals surface area (Å²) in [5, 5.41) is 5.22. The minimum Gasteiger partial charge on any atom is -0.453 e. The van der Waals surface area contributed by atoms with E-state index in [9.17, 15) is 19.2 Å². The second-order valence-corrected chi connectivity index (χ2v) is 15.9. The number of aromatic nitrogens is 4. The Morgan fingerprint density at radius 2 is 1.12 bits per heavy atom. The summed E-state index contributed by atoms with van der Waals surface area (Å²) in [6, 6.07) is 11.3. The highest BCUT2D eigenvalue weighted by molar-refractivity contribution is 5.86. The van der Waals surface area contributed by atoms with Crippen LogP contribution in [0.25, 0.3) is 33.6 Å². The van der Waals surface area contributed by atoms with Crippen LogP contribution in [0.1, 0.15) is 118 Å². The van der Waals surface area contributed by atoms with E-state index in [2.05, 4.69) is 57.0 Å². The van der Waals surface area contributed by atoms with Crippen LogP contribution in [0.5, 0.6) is 0 Å². The Bertz CT molecular complexity index is 2140. The molecule has 4 amide bonds. The van der Waals surface area contributed by atoms with Gasteiger partial charge in [0.1, 0.15) is 23.7 Å². The number of piperidine rings is 2. The van der Waals surface area contributed by atoms with Gasteiger partial charge >= 0.3 is 12.2 Å². The zero-order valence-electron chi connectivity index (χ0n) is 33.1. The molecule has 8 rings (SSSR count).